The fraction of sp³-hybridized carbons (Fsp3) is 0.389. The molecule has 1 aromatic heterocycles. The van der Waals surface area contributed by atoms with Crippen molar-refractivity contribution in [3.05, 3.63) is 35.0 Å². The van der Waals surface area contributed by atoms with Crippen molar-refractivity contribution in [3.8, 4) is 0 Å². The lowest BCUT2D eigenvalue weighted by molar-refractivity contribution is -0.114. The zero-order valence-corrected chi connectivity index (χ0v) is 16.5. The second-order valence-electron chi connectivity index (χ2n) is 6.27. The summed E-state index contributed by atoms with van der Waals surface area (Å²) in [5.74, 6) is 0.893. The number of nitrogens with zero attached hydrogens (tertiary/aromatic N) is 2. The number of hydrogen-bond donors (Lipinski definition) is 2. The van der Waals surface area contributed by atoms with Crippen LogP contribution in [0.5, 0.6) is 0 Å². The number of aromatic nitrogens is 1. The van der Waals surface area contributed by atoms with Gasteiger partial charge in [-0.1, -0.05) is 16.8 Å². The quantitative estimate of drug-likeness (QED) is 0.728. The van der Waals surface area contributed by atoms with Gasteiger partial charge in [-0.05, 0) is 38.0 Å². The van der Waals surface area contributed by atoms with Crippen LogP contribution in [0.25, 0.3) is 0 Å². The standard InChI is InChI=1S/C18H21ClN4O3S/c1-12-8-16(22-26-12)21-18(25)11-27-10-17(24)20-14-9-13(19)4-5-15(14)23-6-2-3-7-23/h4-5,8-9H,2-3,6-7,10-11H2,1H3,(H,20,24)(H,21,22,25). The number of carbonyl (C=O) groups is 2. The van der Waals surface area contributed by atoms with Crippen molar-refractivity contribution in [3.63, 3.8) is 0 Å². The smallest absolute Gasteiger partial charge is 0.235 e. The Labute approximate surface area is 166 Å². The molecule has 1 saturated heterocycles. The number of hydrogen-bond acceptors (Lipinski definition) is 6. The van der Waals surface area contributed by atoms with Gasteiger partial charge in [0.2, 0.25) is 11.8 Å². The van der Waals surface area contributed by atoms with E-state index in [0.717, 1.165) is 31.6 Å². The summed E-state index contributed by atoms with van der Waals surface area (Å²) < 4.78 is 4.89. The fourth-order valence-electron chi connectivity index (χ4n) is 2.87. The highest BCUT2D eigenvalue weighted by Crippen LogP contribution is 2.31. The van der Waals surface area contributed by atoms with Gasteiger partial charge in [-0.15, -0.1) is 11.8 Å². The highest BCUT2D eigenvalue weighted by molar-refractivity contribution is 8.00. The minimum Gasteiger partial charge on any atom is -0.370 e. The van der Waals surface area contributed by atoms with Gasteiger partial charge in [0.1, 0.15) is 5.76 Å². The van der Waals surface area contributed by atoms with Gasteiger partial charge in [0.05, 0.1) is 22.9 Å². The van der Waals surface area contributed by atoms with E-state index in [9.17, 15) is 9.59 Å². The molecule has 2 aromatic rings. The highest BCUT2D eigenvalue weighted by atomic mass is 35.5. The van der Waals surface area contributed by atoms with E-state index in [2.05, 4.69) is 20.7 Å². The Balaban J connectivity index is 1.49. The number of thioether (sulfide) groups is 1. The summed E-state index contributed by atoms with van der Waals surface area (Å²) in [6, 6.07) is 7.16. The Morgan fingerprint density at radius 2 is 1.89 bits per heavy atom. The molecule has 2 N–H and O–H groups in total. The molecule has 1 fully saturated rings. The molecule has 2 heterocycles. The first kappa shape index (κ1) is 19.6. The van der Waals surface area contributed by atoms with Crippen LogP contribution >= 0.6 is 23.4 Å². The van der Waals surface area contributed by atoms with Crippen LogP contribution in [0, 0.1) is 6.92 Å². The molecule has 0 atom stereocenters. The van der Waals surface area contributed by atoms with Crippen molar-refractivity contribution in [2.24, 2.45) is 0 Å². The molecule has 0 unspecified atom stereocenters. The molecule has 0 aliphatic carbocycles. The van der Waals surface area contributed by atoms with Crippen LogP contribution in [0.4, 0.5) is 17.2 Å². The second-order valence-corrected chi connectivity index (χ2v) is 7.69. The van der Waals surface area contributed by atoms with Gasteiger partial charge in [0, 0.05) is 24.2 Å². The van der Waals surface area contributed by atoms with Gasteiger partial charge >= 0.3 is 0 Å². The van der Waals surface area contributed by atoms with E-state index in [1.807, 2.05) is 12.1 Å². The number of anilines is 3. The van der Waals surface area contributed by atoms with E-state index in [0.29, 0.717) is 22.3 Å². The summed E-state index contributed by atoms with van der Waals surface area (Å²) in [7, 11) is 0. The normalized spacial score (nSPS) is 13.6. The maximum atomic E-state index is 12.3. The second kappa shape index (κ2) is 9.14. The van der Waals surface area contributed by atoms with Gasteiger partial charge in [-0.3, -0.25) is 9.59 Å². The molecule has 0 radical (unpaired) electrons. The fourth-order valence-corrected chi connectivity index (χ4v) is 3.66. The first-order valence-electron chi connectivity index (χ1n) is 8.66. The zero-order chi connectivity index (χ0) is 19.2. The van der Waals surface area contributed by atoms with Gasteiger partial charge in [-0.2, -0.15) is 0 Å². The molecule has 1 aliphatic rings. The number of nitrogens with one attached hydrogen (secondary N) is 2. The number of carbonyl (C=O) groups excluding carboxylic acids is 2. The Bertz CT molecular complexity index is 821. The van der Waals surface area contributed by atoms with E-state index < -0.39 is 0 Å². The Morgan fingerprint density at radius 1 is 1.19 bits per heavy atom. The average Bonchev–Trinajstić information content (AvgIpc) is 3.27. The summed E-state index contributed by atoms with van der Waals surface area (Å²) in [5.41, 5.74) is 1.69. The predicted octanol–water partition coefficient (Wildman–Crippen LogP) is 3.55. The van der Waals surface area contributed by atoms with Gasteiger partial charge < -0.3 is 20.1 Å². The van der Waals surface area contributed by atoms with Crippen LogP contribution in [0.2, 0.25) is 5.02 Å². The molecule has 2 amide bonds. The number of aryl methyl sites for hydroxylation is 1. The molecule has 1 aromatic carbocycles. The van der Waals surface area contributed by atoms with Crippen LogP contribution < -0.4 is 15.5 Å². The molecule has 1 aliphatic heterocycles. The van der Waals surface area contributed by atoms with Crippen molar-refractivity contribution in [2.75, 3.05) is 40.1 Å². The number of amides is 2. The minimum atomic E-state index is -0.235. The summed E-state index contributed by atoms with van der Waals surface area (Å²) in [5, 5.41) is 9.80. The third kappa shape index (κ3) is 5.64. The Morgan fingerprint density at radius 3 is 2.56 bits per heavy atom. The maximum Gasteiger partial charge on any atom is 0.235 e. The monoisotopic (exact) mass is 408 g/mol. The molecule has 9 heteroatoms. The van der Waals surface area contributed by atoms with Crippen LogP contribution in [-0.4, -0.2) is 41.6 Å². The average molecular weight is 409 g/mol. The van der Waals surface area contributed by atoms with Crippen LogP contribution in [0.15, 0.2) is 28.8 Å². The van der Waals surface area contributed by atoms with E-state index in [4.69, 9.17) is 16.1 Å². The van der Waals surface area contributed by atoms with Crippen molar-refractivity contribution < 1.29 is 14.1 Å². The topological polar surface area (TPSA) is 87.5 Å². The highest BCUT2D eigenvalue weighted by Gasteiger charge is 2.17. The van der Waals surface area contributed by atoms with Crippen molar-refractivity contribution in [1.29, 1.82) is 0 Å². The lowest BCUT2D eigenvalue weighted by Gasteiger charge is -2.21. The molecule has 7 nitrogen and oxygen atoms in total. The minimum absolute atomic E-state index is 0.147. The van der Waals surface area contributed by atoms with Crippen LogP contribution in [0.1, 0.15) is 18.6 Å². The van der Waals surface area contributed by atoms with Crippen molar-refractivity contribution in [2.45, 2.75) is 19.8 Å². The van der Waals surface area contributed by atoms with Crippen LogP contribution in [0.3, 0.4) is 0 Å². The zero-order valence-electron chi connectivity index (χ0n) is 15.0. The summed E-state index contributed by atoms with van der Waals surface area (Å²) in [4.78, 5) is 26.4. The van der Waals surface area contributed by atoms with Gasteiger partial charge in [0.25, 0.3) is 0 Å². The SMILES string of the molecule is Cc1cc(NC(=O)CSCC(=O)Nc2cc(Cl)ccc2N2CCCC2)no1. The molecule has 0 spiro atoms. The Kier molecular flexibility index (Phi) is 6.63. The van der Waals surface area contributed by atoms with E-state index >= 15 is 0 Å². The van der Waals surface area contributed by atoms with E-state index in [-0.39, 0.29) is 23.3 Å². The van der Waals surface area contributed by atoms with Gasteiger partial charge in [-0.25, -0.2) is 0 Å². The van der Waals surface area contributed by atoms with E-state index in [1.54, 1.807) is 19.1 Å². The van der Waals surface area contributed by atoms with Crippen LogP contribution in [-0.2, 0) is 9.59 Å². The maximum absolute atomic E-state index is 12.3. The number of benzene rings is 1. The first-order chi connectivity index (χ1) is 13.0. The van der Waals surface area contributed by atoms with Crippen molar-refractivity contribution in [1.82, 2.24) is 5.16 Å². The summed E-state index contributed by atoms with van der Waals surface area (Å²) in [6.07, 6.45) is 2.29. The summed E-state index contributed by atoms with van der Waals surface area (Å²) >= 11 is 7.32. The first-order valence-corrected chi connectivity index (χ1v) is 10.2. The Hall–Kier alpha value is -2.19. The number of halogens is 1. The molecular formula is C18H21ClN4O3S. The number of rotatable bonds is 7. The third-order valence-electron chi connectivity index (χ3n) is 4.04. The van der Waals surface area contributed by atoms with E-state index in [1.165, 1.54) is 11.8 Å². The lowest BCUT2D eigenvalue weighted by atomic mass is 10.2. The predicted molar refractivity (Wildman–Crippen MR) is 109 cm³/mol. The third-order valence-corrected chi connectivity index (χ3v) is 5.21. The molecule has 0 saturated carbocycles. The largest absolute Gasteiger partial charge is 0.370 e. The summed E-state index contributed by atoms with van der Waals surface area (Å²) in [6.45, 7) is 3.69. The molecular weight excluding hydrogens is 388 g/mol. The molecule has 27 heavy (non-hydrogen) atoms. The molecule has 0 bridgehead atoms. The van der Waals surface area contributed by atoms with Gasteiger partial charge in [0.15, 0.2) is 5.82 Å². The van der Waals surface area contributed by atoms with Crippen molar-refractivity contribution >= 4 is 52.4 Å². The molecule has 3 rings (SSSR count). The lowest BCUT2D eigenvalue weighted by Crippen LogP contribution is -2.22. The molecule has 144 valence electrons.